The van der Waals surface area contributed by atoms with Gasteiger partial charge in [0.1, 0.15) is 5.82 Å². The molecular formula is C20H18FN3. The van der Waals surface area contributed by atoms with Crippen LogP contribution in [-0.4, -0.2) is 5.01 Å². The zero-order chi connectivity index (χ0) is 16.5. The van der Waals surface area contributed by atoms with Crippen LogP contribution >= 0.6 is 0 Å². The molecule has 4 heteroatoms. The zero-order valence-corrected chi connectivity index (χ0v) is 13.2. The van der Waals surface area contributed by atoms with Gasteiger partial charge in [-0.05, 0) is 29.3 Å². The van der Waals surface area contributed by atoms with Crippen molar-refractivity contribution >= 4 is 17.1 Å². The SMILES string of the molecule is Nc1ccccc1N1c2c(F)cccc2CN1Cc1ccccc1. The summed E-state index contributed by atoms with van der Waals surface area (Å²) in [6, 6.07) is 23.0. The van der Waals surface area contributed by atoms with E-state index in [0.717, 1.165) is 11.3 Å². The summed E-state index contributed by atoms with van der Waals surface area (Å²) < 4.78 is 14.6. The van der Waals surface area contributed by atoms with Gasteiger partial charge < -0.3 is 5.73 Å². The molecule has 0 saturated heterocycles. The molecule has 0 spiro atoms. The summed E-state index contributed by atoms with van der Waals surface area (Å²) in [4.78, 5) is 0. The highest BCUT2D eigenvalue weighted by Gasteiger charge is 2.32. The highest BCUT2D eigenvalue weighted by Crippen LogP contribution is 2.42. The van der Waals surface area contributed by atoms with Gasteiger partial charge in [-0.2, -0.15) is 0 Å². The molecule has 1 aliphatic heterocycles. The van der Waals surface area contributed by atoms with Crippen LogP contribution < -0.4 is 10.7 Å². The third-order valence-electron chi connectivity index (χ3n) is 4.29. The molecule has 3 nitrogen and oxygen atoms in total. The summed E-state index contributed by atoms with van der Waals surface area (Å²) in [5, 5.41) is 4.03. The van der Waals surface area contributed by atoms with E-state index < -0.39 is 0 Å². The molecule has 2 N–H and O–H groups in total. The summed E-state index contributed by atoms with van der Waals surface area (Å²) in [6.07, 6.45) is 0. The predicted octanol–water partition coefficient (Wildman–Crippen LogP) is 4.48. The number of hydrazine groups is 1. The van der Waals surface area contributed by atoms with Crippen LogP contribution in [0.15, 0.2) is 72.8 Å². The van der Waals surface area contributed by atoms with Crippen LogP contribution in [0.5, 0.6) is 0 Å². The molecule has 0 saturated carbocycles. The second-order valence-corrected chi connectivity index (χ2v) is 5.93. The standard InChI is InChI=1S/C20H18FN3/c21-17-10-6-9-16-14-23(13-15-7-2-1-3-8-15)24(20(16)17)19-12-5-4-11-18(19)22/h1-12H,13-14,22H2. The third-order valence-corrected chi connectivity index (χ3v) is 4.29. The summed E-state index contributed by atoms with van der Waals surface area (Å²) >= 11 is 0. The van der Waals surface area contributed by atoms with Crippen LogP contribution in [0.25, 0.3) is 0 Å². The molecule has 4 rings (SSSR count). The number of anilines is 3. The zero-order valence-electron chi connectivity index (χ0n) is 13.2. The molecule has 24 heavy (non-hydrogen) atoms. The van der Waals surface area contributed by atoms with Gasteiger partial charge in [-0.15, -0.1) is 0 Å². The van der Waals surface area contributed by atoms with Crippen molar-refractivity contribution in [2.45, 2.75) is 13.1 Å². The third kappa shape index (κ3) is 2.51. The number of nitrogens with zero attached hydrogens (tertiary/aromatic N) is 2. The quantitative estimate of drug-likeness (QED) is 0.723. The monoisotopic (exact) mass is 319 g/mol. The lowest BCUT2D eigenvalue weighted by Crippen LogP contribution is -2.34. The van der Waals surface area contributed by atoms with E-state index in [4.69, 9.17) is 5.73 Å². The number of nitrogens with two attached hydrogens (primary N) is 1. The van der Waals surface area contributed by atoms with Gasteiger partial charge in [-0.25, -0.2) is 9.40 Å². The number of rotatable bonds is 3. The van der Waals surface area contributed by atoms with Crippen molar-refractivity contribution < 1.29 is 4.39 Å². The van der Waals surface area contributed by atoms with E-state index in [1.807, 2.05) is 53.5 Å². The summed E-state index contributed by atoms with van der Waals surface area (Å²) in [6.45, 7) is 1.33. The average Bonchev–Trinajstić information content (AvgIpc) is 2.95. The first kappa shape index (κ1) is 14.7. The van der Waals surface area contributed by atoms with Crippen LogP contribution in [0.1, 0.15) is 11.1 Å². The van der Waals surface area contributed by atoms with E-state index in [2.05, 4.69) is 17.1 Å². The molecule has 0 amide bonds. The van der Waals surface area contributed by atoms with Crippen molar-refractivity contribution in [1.29, 1.82) is 0 Å². The van der Waals surface area contributed by atoms with Crippen molar-refractivity contribution in [2.24, 2.45) is 0 Å². The van der Waals surface area contributed by atoms with Crippen molar-refractivity contribution in [3.05, 3.63) is 89.7 Å². The molecule has 0 bridgehead atoms. The topological polar surface area (TPSA) is 32.5 Å². The Bertz CT molecular complexity index is 864. The van der Waals surface area contributed by atoms with E-state index in [-0.39, 0.29) is 5.82 Å². The van der Waals surface area contributed by atoms with Crippen molar-refractivity contribution in [1.82, 2.24) is 5.01 Å². The molecule has 0 fully saturated rings. The van der Waals surface area contributed by atoms with Gasteiger partial charge in [0.05, 0.1) is 17.1 Å². The lowest BCUT2D eigenvalue weighted by atomic mass is 10.1. The fourth-order valence-corrected chi connectivity index (χ4v) is 3.21. The second kappa shape index (κ2) is 5.98. The van der Waals surface area contributed by atoms with Gasteiger partial charge in [0.2, 0.25) is 0 Å². The van der Waals surface area contributed by atoms with E-state index >= 15 is 0 Å². The molecule has 1 aliphatic rings. The fourth-order valence-electron chi connectivity index (χ4n) is 3.21. The Hall–Kier alpha value is -2.85. The maximum atomic E-state index is 14.6. The maximum absolute atomic E-state index is 14.6. The number of hydrogen-bond acceptors (Lipinski definition) is 3. The Morgan fingerprint density at radius 2 is 1.62 bits per heavy atom. The molecule has 120 valence electrons. The van der Waals surface area contributed by atoms with Crippen LogP contribution in [0, 0.1) is 5.82 Å². The lowest BCUT2D eigenvalue weighted by molar-refractivity contribution is 0.282. The molecular weight excluding hydrogens is 301 g/mol. The lowest BCUT2D eigenvalue weighted by Gasteiger charge is -2.31. The highest BCUT2D eigenvalue weighted by atomic mass is 19.1. The Kier molecular flexibility index (Phi) is 3.67. The van der Waals surface area contributed by atoms with Gasteiger partial charge in [-0.3, -0.25) is 5.01 Å². The summed E-state index contributed by atoms with van der Waals surface area (Å²) in [7, 11) is 0. The number of para-hydroxylation sites is 3. The van der Waals surface area contributed by atoms with E-state index in [1.54, 1.807) is 6.07 Å². The minimum atomic E-state index is -0.230. The summed E-state index contributed by atoms with van der Waals surface area (Å²) in [5.74, 6) is -0.230. The van der Waals surface area contributed by atoms with Crippen LogP contribution in [0.4, 0.5) is 21.5 Å². The molecule has 0 aromatic heterocycles. The largest absolute Gasteiger partial charge is 0.397 e. The first-order valence-electron chi connectivity index (χ1n) is 7.95. The first-order valence-corrected chi connectivity index (χ1v) is 7.95. The van der Waals surface area contributed by atoms with Gasteiger partial charge >= 0.3 is 0 Å². The van der Waals surface area contributed by atoms with E-state index in [9.17, 15) is 4.39 Å². The maximum Gasteiger partial charge on any atom is 0.148 e. The highest BCUT2D eigenvalue weighted by molar-refractivity contribution is 5.77. The van der Waals surface area contributed by atoms with Crippen molar-refractivity contribution in [3.8, 4) is 0 Å². The molecule has 0 aliphatic carbocycles. The number of benzene rings is 3. The Balaban J connectivity index is 1.80. The minimum Gasteiger partial charge on any atom is -0.397 e. The molecule has 3 aromatic rings. The fraction of sp³-hybridized carbons (Fsp3) is 0.100. The molecule has 1 heterocycles. The number of halogens is 1. The Labute approximate surface area is 140 Å². The Morgan fingerprint density at radius 1 is 0.875 bits per heavy atom. The molecule has 0 unspecified atom stereocenters. The minimum absolute atomic E-state index is 0.230. The van der Waals surface area contributed by atoms with E-state index in [0.29, 0.717) is 24.5 Å². The van der Waals surface area contributed by atoms with Crippen LogP contribution in [0.3, 0.4) is 0 Å². The second-order valence-electron chi connectivity index (χ2n) is 5.93. The number of nitrogen functional groups attached to an aromatic ring is 1. The van der Waals surface area contributed by atoms with Gasteiger partial charge in [-0.1, -0.05) is 54.6 Å². The van der Waals surface area contributed by atoms with Crippen LogP contribution in [-0.2, 0) is 13.1 Å². The number of hydrogen-bond donors (Lipinski definition) is 1. The predicted molar refractivity (Wildman–Crippen MR) is 95.1 cm³/mol. The first-order chi connectivity index (χ1) is 11.7. The average molecular weight is 319 g/mol. The summed E-state index contributed by atoms with van der Waals surface area (Å²) in [5.41, 5.74) is 10.3. The van der Waals surface area contributed by atoms with Crippen molar-refractivity contribution in [2.75, 3.05) is 10.7 Å². The Morgan fingerprint density at radius 3 is 2.42 bits per heavy atom. The smallest absolute Gasteiger partial charge is 0.148 e. The van der Waals surface area contributed by atoms with Gasteiger partial charge in [0, 0.05) is 13.1 Å². The molecule has 0 radical (unpaired) electrons. The molecule has 3 aromatic carbocycles. The van der Waals surface area contributed by atoms with Crippen LogP contribution in [0.2, 0.25) is 0 Å². The van der Waals surface area contributed by atoms with Gasteiger partial charge in [0.25, 0.3) is 0 Å². The number of fused-ring (bicyclic) bond motifs is 1. The normalized spacial score (nSPS) is 14.0. The van der Waals surface area contributed by atoms with Gasteiger partial charge in [0.15, 0.2) is 0 Å². The van der Waals surface area contributed by atoms with E-state index in [1.165, 1.54) is 11.6 Å². The molecule has 0 atom stereocenters. The van der Waals surface area contributed by atoms with Crippen molar-refractivity contribution in [3.63, 3.8) is 0 Å².